The van der Waals surface area contributed by atoms with Crippen molar-refractivity contribution in [3.63, 3.8) is 0 Å². The molecule has 0 aliphatic heterocycles. The highest BCUT2D eigenvalue weighted by Crippen LogP contribution is 2.36. The van der Waals surface area contributed by atoms with Gasteiger partial charge in [0.15, 0.2) is 0 Å². The van der Waals surface area contributed by atoms with Gasteiger partial charge in [0.1, 0.15) is 11.3 Å². The predicted molar refractivity (Wildman–Crippen MR) is 109 cm³/mol. The Morgan fingerprint density at radius 2 is 2.00 bits per heavy atom. The highest BCUT2D eigenvalue weighted by molar-refractivity contribution is 6.42. The number of halogens is 2. The number of aromatic nitrogens is 1. The lowest BCUT2D eigenvalue weighted by molar-refractivity contribution is -0.121. The average molecular weight is 403 g/mol. The average Bonchev–Trinajstić information content (AvgIpc) is 2.67. The Morgan fingerprint density at radius 3 is 2.74 bits per heavy atom. The second-order valence-corrected chi connectivity index (χ2v) is 7.17. The maximum absolute atomic E-state index is 12.4. The second-order valence-electron chi connectivity index (χ2n) is 6.36. The van der Waals surface area contributed by atoms with Crippen LogP contribution in [0.4, 0.5) is 0 Å². The second kappa shape index (κ2) is 8.59. The minimum absolute atomic E-state index is 0.0416. The number of rotatable bonds is 6. The molecular formula is C21H20Cl2N2O2. The van der Waals surface area contributed by atoms with E-state index in [9.17, 15) is 9.90 Å². The molecular weight excluding hydrogens is 383 g/mol. The van der Waals surface area contributed by atoms with E-state index in [4.69, 9.17) is 23.2 Å². The zero-order valence-corrected chi connectivity index (χ0v) is 16.4. The number of carbonyl (C=O) groups excluding carboxylic acids is 1. The summed E-state index contributed by atoms with van der Waals surface area (Å²) in [7, 11) is 0. The van der Waals surface area contributed by atoms with Crippen molar-refractivity contribution in [3.8, 4) is 5.75 Å². The summed E-state index contributed by atoms with van der Waals surface area (Å²) in [5.41, 5.74) is 1.78. The van der Waals surface area contributed by atoms with Crippen molar-refractivity contribution in [3.05, 3.63) is 69.8 Å². The third-order valence-electron chi connectivity index (χ3n) is 4.43. The van der Waals surface area contributed by atoms with Gasteiger partial charge in [-0.1, -0.05) is 60.8 Å². The smallest absolute Gasteiger partial charge is 0.220 e. The number of pyridine rings is 1. The monoisotopic (exact) mass is 402 g/mol. The number of carbonyl (C=O) groups is 1. The van der Waals surface area contributed by atoms with E-state index in [1.54, 1.807) is 30.5 Å². The van der Waals surface area contributed by atoms with Crippen LogP contribution >= 0.6 is 23.2 Å². The first-order valence-electron chi connectivity index (χ1n) is 8.82. The molecule has 1 atom stereocenters. The van der Waals surface area contributed by atoms with Gasteiger partial charge in [-0.25, -0.2) is 0 Å². The highest BCUT2D eigenvalue weighted by atomic mass is 35.5. The van der Waals surface area contributed by atoms with E-state index in [2.05, 4.69) is 10.3 Å². The fraction of sp³-hybridized carbons (Fsp3) is 0.238. The molecule has 0 saturated carbocycles. The number of hydrogen-bond donors (Lipinski definition) is 2. The number of amides is 1. The highest BCUT2D eigenvalue weighted by Gasteiger charge is 2.22. The van der Waals surface area contributed by atoms with Gasteiger partial charge in [-0.2, -0.15) is 0 Å². The SMILES string of the molecule is CCCCC(=O)NC(c1ccc(Cl)c(Cl)c1)c1ccc2cccnc2c1O. The molecule has 0 bridgehead atoms. The first-order chi connectivity index (χ1) is 13.0. The van der Waals surface area contributed by atoms with Gasteiger partial charge in [0.2, 0.25) is 5.91 Å². The molecule has 140 valence electrons. The quantitative estimate of drug-likeness (QED) is 0.560. The van der Waals surface area contributed by atoms with Crippen molar-refractivity contribution < 1.29 is 9.90 Å². The van der Waals surface area contributed by atoms with Crippen LogP contribution in [0, 0.1) is 0 Å². The molecule has 1 amide bonds. The van der Waals surface area contributed by atoms with Crippen molar-refractivity contribution in [1.29, 1.82) is 0 Å². The summed E-state index contributed by atoms with van der Waals surface area (Å²) in [6.07, 6.45) is 3.77. The van der Waals surface area contributed by atoms with Gasteiger partial charge in [0.05, 0.1) is 16.1 Å². The molecule has 2 aromatic carbocycles. The van der Waals surface area contributed by atoms with Crippen LogP contribution in [0.1, 0.15) is 43.4 Å². The predicted octanol–water partition coefficient (Wildman–Crippen LogP) is 5.64. The number of phenols is 1. The number of nitrogens with one attached hydrogen (secondary N) is 1. The number of nitrogens with zero attached hydrogens (tertiary/aromatic N) is 1. The molecule has 0 fully saturated rings. The normalized spacial score (nSPS) is 12.1. The van der Waals surface area contributed by atoms with E-state index in [-0.39, 0.29) is 11.7 Å². The molecule has 0 spiro atoms. The lowest BCUT2D eigenvalue weighted by Gasteiger charge is -2.22. The molecule has 6 heteroatoms. The van der Waals surface area contributed by atoms with E-state index < -0.39 is 6.04 Å². The van der Waals surface area contributed by atoms with Crippen LogP contribution in [0.3, 0.4) is 0 Å². The zero-order valence-electron chi connectivity index (χ0n) is 14.9. The Morgan fingerprint density at radius 1 is 1.19 bits per heavy atom. The maximum Gasteiger partial charge on any atom is 0.220 e. The first-order valence-corrected chi connectivity index (χ1v) is 9.57. The molecule has 1 unspecified atom stereocenters. The van der Waals surface area contributed by atoms with Crippen molar-refractivity contribution in [1.82, 2.24) is 10.3 Å². The molecule has 0 aliphatic carbocycles. The first kappa shape index (κ1) is 19.5. The number of phenolic OH excluding ortho intramolecular Hbond substituents is 1. The van der Waals surface area contributed by atoms with Gasteiger partial charge < -0.3 is 10.4 Å². The van der Waals surface area contributed by atoms with Crippen molar-refractivity contribution in [2.24, 2.45) is 0 Å². The van der Waals surface area contributed by atoms with E-state index in [1.807, 2.05) is 25.1 Å². The largest absolute Gasteiger partial charge is 0.505 e. The third kappa shape index (κ3) is 4.34. The van der Waals surface area contributed by atoms with Gasteiger partial charge in [-0.05, 0) is 30.2 Å². The van der Waals surface area contributed by atoms with Gasteiger partial charge in [-0.15, -0.1) is 0 Å². The number of fused-ring (bicyclic) bond motifs is 1. The minimum Gasteiger partial charge on any atom is -0.505 e. The topological polar surface area (TPSA) is 62.2 Å². The Hall–Kier alpha value is -2.30. The van der Waals surface area contributed by atoms with E-state index in [1.165, 1.54) is 0 Å². The van der Waals surface area contributed by atoms with Gasteiger partial charge in [0.25, 0.3) is 0 Å². The molecule has 0 aliphatic rings. The summed E-state index contributed by atoms with van der Waals surface area (Å²) < 4.78 is 0. The standard InChI is InChI=1S/C21H20Cl2N2O2/c1-2-3-6-18(26)25-19(14-8-10-16(22)17(23)12-14)15-9-7-13-5-4-11-24-20(13)21(15)27/h4-5,7-12,19,27H,2-3,6H2,1H3,(H,25,26). The van der Waals surface area contributed by atoms with E-state index in [0.717, 1.165) is 23.8 Å². The lowest BCUT2D eigenvalue weighted by Crippen LogP contribution is -2.29. The van der Waals surface area contributed by atoms with Crippen LogP contribution in [0.5, 0.6) is 5.75 Å². The summed E-state index contributed by atoms with van der Waals surface area (Å²) in [4.78, 5) is 16.7. The van der Waals surface area contributed by atoms with E-state index >= 15 is 0 Å². The van der Waals surface area contributed by atoms with E-state index in [0.29, 0.717) is 27.5 Å². The molecule has 2 N–H and O–H groups in total. The number of aromatic hydroxyl groups is 1. The Kier molecular flexibility index (Phi) is 6.19. The molecule has 0 radical (unpaired) electrons. The van der Waals surface area contributed by atoms with Crippen molar-refractivity contribution in [2.45, 2.75) is 32.2 Å². The molecule has 1 aromatic heterocycles. The molecule has 3 aromatic rings. The maximum atomic E-state index is 12.4. The Balaban J connectivity index is 2.07. The number of benzene rings is 2. The summed E-state index contributed by atoms with van der Waals surface area (Å²) in [5, 5.41) is 15.5. The molecule has 1 heterocycles. The Bertz CT molecular complexity index is 976. The molecule has 27 heavy (non-hydrogen) atoms. The molecule has 0 saturated heterocycles. The lowest BCUT2D eigenvalue weighted by atomic mass is 9.96. The summed E-state index contributed by atoms with van der Waals surface area (Å²) in [6.45, 7) is 2.03. The van der Waals surface area contributed by atoms with Crippen molar-refractivity contribution >= 4 is 40.0 Å². The molecule has 3 rings (SSSR count). The van der Waals surface area contributed by atoms with Crippen LogP contribution in [-0.4, -0.2) is 16.0 Å². The van der Waals surface area contributed by atoms with Crippen LogP contribution in [-0.2, 0) is 4.79 Å². The summed E-state index contributed by atoms with van der Waals surface area (Å²) in [6, 6.07) is 12.0. The van der Waals surface area contributed by atoms with Crippen LogP contribution < -0.4 is 5.32 Å². The van der Waals surface area contributed by atoms with Gasteiger partial charge in [-0.3, -0.25) is 9.78 Å². The fourth-order valence-corrected chi connectivity index (χ4v) is 3.29. The van der Waals surface area contributed by atoms with Gasteiger partial charge >= 0.3 is 0 Å². The van der Waals surface area contributed by atoms with Crippen LogP contribution in [0.15, 0.2) is 48.7 Å². The zero-order chi connectivity index (χ0) is 19.4. The van der Waals surface area contributed by atoms with Gasteiger partial charge in [0, 0.05) is 23.6 Å². The molecule has 4 nitrogen and oxygen atoms in total. The van der Waals surface area contributed by atoms with Crippen LogP contribution in [0.25, 0.3) is 10.9 Å². The Labute approximate surface area is 168 Å². The minimum atomic E-state index is -0.560. The fourth-order valence-electron chi connectivity index (χ4n) is 2.98. The number of unbranched alkanes of at least 4 members (excludes halogenated alkanes) is 1. The third-order valence-corrected chi connectivity index (χ3v) is 5.17. The van der Waals surface area contributed by atoms with Crippen molar-refractivity contribution in [2.75, 3.05) is 0 Å². The summed E-state index contributed by atoms with van der Waals surface area (Å²) >= 11 is 12.2. The van der Waals surface area contributed by atoms with Crippen LogP contribution in [0.2, 0.25) is 10.0 Å². The number of hydrogen-bond acceptors (Lipinski definition) is 3. The summed E-state index contributed by atoms with van der Waals surface area (Å²) in [5.74, 6) is -0.0478.